The van der Waals surface area contributed by atoms with Gasteiger partial charge in [-0.2, -0.15) is 0 Å². The lowest BCUT2D eigenvalue weighted by Gasteiger charge is -2.23. The molecule has 0 bridgehead atoms. The van der Waals surface area contributed by atoms with Crippen molar-refractivity contribution in [3.8, 4) is 0 Å². The van der Waals surface area contributed by atoms with Crippen molar-refractivity contribution in [3.63, 3.8) is 0 Å². The van der Waals surface area contributed by atoms with Gasteiger partial charge in [0.2, 0.25) is 0 Å². The Morgan fingerprint density at radius 1 is 1.09 bits per heavy atom. The zero-order valence-electron chi connectivity index (χ0n) is 18.4. The second kappa shape index (κ2) is 8.99. The van der Waals surface area contributed by atoms with E-state index in [1.165, 1.54) is 4.90 Å². The molecule has 33 heavy (non-hydrogen) atoms. The number of esters is 1. The molecule has 4 rings (SSSR count). The molecule has 2 aromatic carbocycles. The van der Waals surface area contributed by atoms with Crippen molar-refractivity contribution in [2.45, 2.75) is 26.8 Å². The molecule has 0 radical (unpaired) electrons. The quantitative estimate of drug-likeness (QED) is 0.258. The summed E-state index contributed by atoms with van der Waals surface area (Å²) in [6.45, 7) is 5.49. The number of aromatic nitrogens is 1. The molecule has 2 heterocycles. The van der Waals surface area contributed by atoms with E-state index in [-0.39, 0.29) is 27.9 Å². The van der Waals surface area contributed by atoms with E-state index in [4.69, 9.17) is 4.74 Å². The van der Waals surface area contributed by atoms with Crippen LogP contribution in [0, 0.1) is 13.8 Å². The van der Waals surface area contributed by atoms with Crippen molar-refractivity contribution in [1.82, 2.24) is 4.98 Å². The van der Waals surface area contributed by atoms with Gasteiger partial charge in [0.25, 0.3) is 5.78 Å². The number of aliphatic hydroxyl groups is 1. The number of ketones is 1. The van der Waals surface area contributed by atoms with Gasteiger partial charge < -0.3 is 9.84 Å². The largest absolute Gasteiger partial charge is 0.507 e. The summed E-state index contributed by atoms with van der Waals surface area (Å²) in [4.78, 5) is 44.6. The van der Waals surface area contributed by atoms with Gasteiger partial charge in [0.15, 0.2) is 5.13 Å². The number of nitrogens with zero attached hydrogens (tertiary/aromatic N) is 2. The summed E-state index contributed by atoms with van der Waals surface area (Å²) in [5.74, 6) is -2.43. The topological polar surface area (TPSA) is 96.8 Å². The fraction of sp³-hybridized carbons (Fsp3) is 0.200. The Morgan fingerprint density at radius 2 is 1.76 bits per heavy atom. The van der Waals surface area contributed by atoms with Crippen molar-refractivity contribution in [2.24, 2.45) is 0 Å². The number of benzene rings is 2. The van der Waals surface area contributed by atoms with E-state index in [9.17, 15) is 19.5 Å². The highest BCUT2D eigenvalue weighted by molar-refractivity contribution is 7.17. The zero-order chi connectivity index (χ0) is 23.7. The highest BCUT2D eigenvalue weighted by Crippen LogP contribution is 2.43. The fourth-order valence-corrected chi connectivity index (χ4v) is 4.70. The number of rotatable bonds is 5. The number of thiazole rings is 1. The third-order valence-electron chi connectivity index (χ3n) is 5.34. The minimum Gasteiger partial charge on any atom is -0.507 e. The summed E-state index contributed by atoms with van der Waals surface area (Å²) in [5.41, 5.74) is 2.45. The second-order valence-electron chi connectivity index (χ2n) is 7.58. The van der Waals surface area contributed by atoms with Crippen LogP contribution in [0.5, 0.6) is 0 Å². The van der Waals surface area contributed by atoms with Crippen LogP contribution in [0.1, 0.15) is 45.0 Å². The Labute approximate surface area is 195 Å². The lowest BCUT2D eigenvalue weighted by molar-refractivity contribution is -0.132. The van der Waals surface area contributed by atoms with Crippen LogP contribution in [-0.2, 0) is 14.3 Å². The van der Waals surface area contributed by atoms with Crippen LogP contribution in [0.2, 0.25) is 0 Å². The molecule has 1 aliphatic rings. The van der Waals surface area contributed by atoms with Gasteiger partial charge in [-0.1, -0.05) is 71.5 Å². The number of carbonyl (C=O) groups excluding carboxylic acids is 3. The number of carbonyl (C=O) groups is 3. The van der Waals surface area contributed by atoms with Crippen molar-refractivity contribution >= 4 is 39.9 Å². The maximum atomic E-state index is 13.2. The van der Waals surface area contributed by atoms with Crippen molar-refractivity contribution < 1.29 is 24.2 Å². The van der Waals surface area contributed by atoms with Gasteiger partial charge in [-0.25, -0.2) is 9.78 Å². The first-order valence-corrected chi connectivity index (χ1v) is 11.2. The summed E-state index contributed by atoms with van der Waals surface area (Å²) in [6, 6.07) is 15.1. The number of hydrogen-bond acceptors (Lipinski definition) is 7. The van der Waals surface area contributed by atoms with E-state index < -0.39 is 23.7 Å². The van der Waals surface area contributed by atoms with Crippen LogP contribution >= 0.6 is 11.3 Å². The summed E-state index contributed by atoms with van der Waals surface area (Å²) in [6.07, 6.45) is 0. The standard InChI is InChI=1S/C25H22N2O5S/c1-4-32-24(31)22-15(3)26-25(33-22)27-19(16-12-10-14(2)11-13-16)18(21(29)23(27)30)20(28)17-8-6-5-7-9-17/h5-13,19,28H,4H2,1-3H3. The predicted octanol–water partition coefficient (Wildman–Crippen LogP) is 4.56. The number of ether oxygens (including phenoxy) is 1. The Morgan fingerprint density at radius 3 is 2.39 bits per heavy atom. The molecule has 1 atom stereocenters. The molecule has 0 saturated carbocycles. The molecule has 1 N–H and O–H groups in total. The summed E-state index contributed by atoms with van der Waals surface area (Å²) in [5, 5.41) is 11.3. The van der Waals surface area contributed by atoms with Crippen molar-refractivity contribution in [3.05, 3.63) is 87.4 Å². The normalized spacial score (nSPS) is 17.4. The highest BCUT2D eigenvalue weighted by Gasteiger charge is 2.48. The molecule has 3 aromatic rings. The first-order chi connectivity index (χ1) is 15.8. The number of hydrogen-bond donors (Lipinski definition) is 1. The first kappa shape index (κ1) is 22.4. The number of aliphatic hydroxyl groups excluding tert-OH is 1. The summed E-state index contributed by atoms with van der Waals surface area (Å²) in [7, 11) is 0. The molecule has 0 spiro atoms. The molecule has 1 aliphatic heterocycles. The van der Waals surface area contributed by atoms with Gasteiger partial charge in [-0.3, -0.25) is 14.5 Å². The molecule has 1 unspecified atom stereocenters. The minimum absolute atomic E-state index is 0.0272. The fourth-order valence-electron chi connectivity index (χ4n) is 3.72. The van der Waals surface area contributed by atoms with E-state index in [1.54, 1.807) is 44.2 Å². The molecular weight excluding hydrogens is 440 g/mol. The Balaban J connectivity index is 1.90. The number of amides is 1. The Hall–Kier alpha value is -3.78. The summed E-state index contributed by atoms with van der Waals surface area (Å²) >= 11 is 0.985. The van der Waals surface area contributed by atoms with Crippen molar-refractivity contribution in [1.29, 1.82) is 0 Å². The lowest BCUT2D eigenvalue weighted by atomic mass is 9.95. The molecule has 0 aliphatic carbocycles. The molecule has 7 nitrogen and oxygen atoms in total. The number of anilines is 1. The molecule has 8 heteroatoms. The minimum atomic E-state index is -0.897. The molecule has 1 fully saturated rings. The number of Topliss-reactive ketones (excluding diaryl/α,β-unsaturated/α-hetero) is 1. The maximum Gasteiger partial charge on any atom is 0.350 e. The SMILES string of the molecule is CCOC(=O)c1sc(N2C(=O)C(=O)C(=C(O)c3ccccc3)C2c2ccc(C)cc2)nc1C. The summed E-state index contributed by atoms with van der Waals surface area (Å²) < 4.78 is 5.09. The first-order valence-electron chi connectivity index (χ1n) is 10.4. The van der Waals surface area contributed by atoms with E-state index in [2.05, 4.69) is 4.98 Å². The lowest BCUT2D eigenvalue weighted by Crippen LogP contribution is -2.29. The van der Waals surface area contributed by atoms with E-state index in [1.807, 2.05) is 31.2 Å². The van der Waals surface area contributed by atoms with Crippen LogP contribution in [-0.4, -0.2) is 34.4 Å². The van der Waals surface area contributed by atoms with Gasteiger partial charge in [-0.15, -0.1) is 0 Å². The second-order valence-corrected chi connectivity index (χ2v) is 8.55. The third-order valence-corrected chi connectivity index (χ3v) is 6.47. The van der Waals surface area contributed by atoms with Crippen LogP contribution in [0.3, 0.4) is 0 Å². The molecule has 1 aromatic heterocycles. The number of aryl methyl sites for hydroxylation is 2. The van der Waals surface area contributed by atoms with Gasteiger partial charge in [0.05, 0.1) is 23.9 Å². The van der Waals surface area contributed by atoms with E-state index >= 15 is 0 Å². The average Bonchev–Trinajstić information content (AvgIpc) is 3.32. The molecular formula is C25H22N2O5S. The maximum absolute atomic E-state index is 13.2. The smallest absolute Gasteiger partial charge is 0.350 e. The predicted molar refractivity (Wildman–Crippen MR) is 125 cm³/mol. The van der Waals surface area contributed by atoms with Gasteiger partial charge >= 0.3 is 11.9 Å². The third kappa shape index (κ3) is 4.05. The van der Waals surface area contributed by atoms with Crippen LogP contribution in [0.4, 0.5) is 5.13 Å². The van der Waals surface area contributed by atoms with E-state index in [0.29, 0.717) is 16.8 Å². The average molecular weight is 463 g/mol. The zero-order valence-corrected chi connectivity index (χ0v) is 19.2. The Bertz CT molecular complexity index is 1260. The van der Waals surface area contributed by atoms with E-state index in [0.717, 1.165) is 16.9 Å². The monoisotopic (exact) mass is 462 g/mol. The Kier molecular flexibility index (Phi) is 6.11. The molecule has 168 valence electrons. The van der Waals surface area contributed by atoms with Gasteiger partial charge in [0, 0.05) is 5.56 Å². The van der Waals surface area contributed by atoms with Gasteiger partial charge in [0.1, 0.15) is 10.6 Å². The van der Waals surface area contributed by atoms with Crippen molar-refractivity contribution in [2.75, 3.05) is 11.5 Å². The van der Waals surface area contributed by atoms with Crippen LogP contribution in [0.25, 0.3) is 5.76 Å². The highest BCUT2D eigenvalue weighted by atomic mass is 32.1. The molecule has 1 saturated heterocycles. The van der Waals surface area contributed by atoms with Crippen LogP contribution < -0.4 is 4.90 Å². The van der Waals surface area contributed by atoms with Crippen LogP contribution in [0.15, 0.2) is 60.2 Å². The molecule has 1 amide bonds. The van der Waals surface area contributed by atoms with Gasteiger partial charge in [-0.05, 0) is 26.3 Å².